The Balaban J connectivity index is 0.688. The molecule has 7 nitrogen and oxygen atoms in total. The predicted molar refractivity (Wildman–Crippen MR) is 398 cm³/mol. The van der Waals surface area contributed by atoms with Crippen LogP contribution in [0.1, 0.15) is 55.6 Å². The lowest BCUT2D eigenvalue weighted by atomic mass is 9.47. The average molecular weight is 1320 g/mol. The number of halogens is 2. The maximum absolute atomic E-state index is 13.9. The number of rotatable bonds is 5. The molecule has 31 aromatic carbocycles. The summed E-state index contributed by atoms with van der Waals surface area (Å²) in [5.74, 6) is 0.223. The average Bonchev–Trinajstić information content (AvgIpc) is 1.38. The Morgan fingerprint density at radius 2 is 0.789 bits per heavy atom. The quantitative estimate of drug-likeness (QED) is 0.106. The highest BCUT2D eigenvalue weighted by Crippen LogP contribution is 2.87. The van der Waals surface area contributed by atoms with Crippen molar-refractivity contribution < 1.29 is 4.79 Å². The molecule has 95 heavy (non-hydrogen) atoms. The zero-order valence-electron chi connectivity index (χ0n) is 49.0. The third-order valence-corrected chi connectivity index (χ3v) is 31.0. The van der Waals surface area contributed by atoms with Crippen molar-refractivity contribution >= 4 is 346 Å². The summed E-state index contributed by atoms with van der Waals surface area (Å²) in [6.45, 7) is 2.76. The summed E-state index contributed by atoms with van der Waals surface area (Å²) in [6, 6.07) is 20.2. The molecule has 1 saturated heterocycles. The van der Waals surface area contributed by atoms with Crippen molar-refractivity contribution in [3.05, 3.63) is 125 Å². The molecule has 5 aliphatic rings. The lowest BCUT2D eigenvalue weighted by molar-refractivity contribution is 0.0955. The van der Waals surface area contributed by atoms with Crippen LogP contribution >= 0.6 is 31.9 Å². The Kier molecular flexibility index (Phi) is 4.53. The summed E-state index contributed by atoms with van der Waals surface area (Å²) >= 11 is 7.12. The SMILES string of the molecule is Cc1nc2c(Br)cc(Br)cc2c(=O)n1-c1ccc(C(=O)N/N=C/c2ccc(C3N(C)CC45c6c7c8c9c%10c%11c(c%12c%13c4c4c6c6c%14c7c7c8c8c%10c%10c%15c%11c%11c%12c%12c%13c%13c4c4c6c6c%14c%14c7c7c8c%10c8c%10c%15c%11c%11c%12c%12c%13c4c4c6c6c%14c7c8c7c%10c%11c%12c4c67)C935)cc2)cc1. The van der Waals surface area contributed by atoms with E-state index in [4.69, 9.17) is 4.98 Å². The molecule has 32 aromatic rings. The van der Waals surface area contributed by atoms with Gasteiger partial charge in [-0.1, -0.05) is 40.2 Å². The maximum atomic E-state index is 13.9. The molecular weight excluding hydrogens is 1290 g/mol. The molecule has 1 amide bonds. The van der Waals surface area contributed by atoms with Crippen LogP contribution in [0.4, 0.5) is 0 Å². The second-order valence-corrected chi connectivity index (χ2v) is 33.5. The monoisotopic (exact) mass is 1310 g/mol. The molecule has 416 valence electrons. The molecular formula is C86H21Br2N5O2. The Morgan fingerprint density at radius 3 is 1.14 bits per heavy atom. The van der Waals surface area contributed by atoms with E-state index in [1.54, 1.807) is 354 Å². The smallest absolute Gasteiger partial charge is 0.271 e. The van der Waals surface area contributed by atoms with Gasteiger partial charge in [-0.05, 0) is 391 Å². The number of amides is 1. The van der Waals surface area contributed by atoms with Crippen LogP contribution in [0.25, 0.3) is 307 Å². The number of benzene rings is 21. The van der Waals surface area contributed by atoms with Gasteiger partial charge in [-0.15, -0.1) is 0 Å². The number of fused-ring (bicyclic) bond motifs is 1. The molecule has 4 aliphatic carbocycles. The molecule has 2 spiro atoms. The minimum atomic E-state index is -0.461. The van der Waals surface area contributed by atoms with Gasteiger partial charge in [0.05, 0.1) is 33.6 Å². The summed E-state index contributed by atoms with van der Waals surface area (Å²) in [4.78, 5) is 35.5. The number of aryl methyl sites for hydroxylation is 1. The molecule has 1 N–H and O–H groups in total. The molecule has 2 heterocycles. The summed E-state index contributed by atoms with van der Waals surface area (Å²) in [7, 11) is 2.52. The van der Waals surface area contributed by atoms with Crippen LogP contribution in [0.3, 0.4) is 0 Å². The van der Waals surface area contributed by atoms with Gasteiger partial charge in [0.25, 0.3) is 11.5 Å². The largest absolute Gasteiger partial charge is 0.297 e. The lowest BCUT2D eigenvalue weighted by Gasteiger charge is -2.52. The van der Waals surface area contributed by atoms with Crippen LogP contribution in [0.2, 0.25) is 0 Å². The molecule has 37 rings (SSSR count). The topological polar surface area (TPSA) is 79.6 Å². The fourth-order valence-electron chi connectivity index (χ4n) is 28.9. The van der Waals surface area contributed by atoms with Crippen molar-refractivity contribution in [1.29, 1.82) is 0 Å². The Hall–Kier alpha value is -10.7. The van der Waals surface area contributed by atoms with E-state index in [0.29, 0.717) is 28.0 Å². The Labute approximate surface area is 539 Å². The molecule has 0 radical (unpaired) electrons. The van der Waals surface area contributed by atoms with Gasteiger partial charge >= 0.3 is 0 Å². The number of carbonyl (C=O) groups is 1. The first kappa shape index (κ1) is 41.1. The van der Waals surface area contributed by atoms with Crippen molar-refractivity contribution in [3.8, 4) is 5.69 Å². The molecule has 1 atom stereocenters. The van der Waals surface area contributed by atoms with E-state index in [1.165, 1.54) is 5.56 Å². The molecule has 1 aromatic heterocycles. The number of likely N-dealkylation sites (N-methyl/N-ethyl adjacent to an activating group) is 1. The van der Waals surface area contributed by atoms with Crippen molar-refractivity contribution in [3.63, 3.8) is 0 Å². The molecule has 0 bridgehead atoms. The fourth-order valence-corrected chi connectivity index (χ4v) is 30.2. The van der Waals surface area contributed by atoms with Crippen molar-refractivity contribution in [2.75, 3.05) is 13.6 Å². The third kappa shape index (κ3) is 2.75. The van der Waals surface area contributed by atoms with E-state index >= 15 is 0 Å². The third-order valence-electron chi connectivity index (χ3n) is 30.0. The highest BCUT2D eigenvalue weighted by atomic mass is 79.9. The molecule has 1 fully saturated rings. The van der Waals surface area contributed by atoms with Gasteiger partial charge in [-0.3, -0.25) is 19.1 Å². The summed E-state index contributed by atoms with van der Waals surface area (Å²) in [5, 5.41) is 92.6. The number of carbonyl (C=O) groups excluding carboxylic acids is 1. The van der Waals surface area contributed by atoms with Gasteiger partial charge in [-0.25, -0.2) is 10.4 Å². The Morgan fingerprint density at radius 1 is 0.463 bits per heavy atom. The number of likely N-dealkylation sites (tertiary alicyclic amines) is 1. The summed E-state index contributed by atoms with van der Waals surface area (Å²) in [6.07, 6.45) is 1.79. The van der Waals surface area contributed by atoms with Crippen molar-refractivity contribution in [2.45, 2.75) is 23.8 Å². The standard InChI is InChI=1S/C86H21Br2N5O2/c1-15-90-81-21(11-19(87)12-22(81)88)84(95)93(15)20-9-7-18(8-10-20)83(94)91-89-13-16-3-5-17(6-4-16)82-86-79-73-67-57-45-37-29-25-23-24-27-31(29)39(45)49-43-35(27)36-28(24)32-30-26(23)34-33(25)41-47(37)55-61-51(41)52-42(34)48-38(30)46-40(32)50-44(36)54-53(43)65(59(49)67)75(79)76-66(54)60(50)68-58(46)64-56(48)62(52)70-69(61)77(71(73)63(55)57)85(86,14-92(82)2)78(70)72(64)74(68)80(76)86/h3-13,82H,14H2,1-2H3,(H,91,94)/b89-13+. The molecule has 1 unspecified atom stereocenters. The van der Waals surface area contributed by atoms with Gasteiger partial charge in [0, 0.05) is 27.1 Å². The van der Waals surface area contributed by atoms with Crippen LogP contribution in [0.15, 0.2) is 79.5 Å². The van der Waals surface area contributed by atoms with Crippen LogP contribution in [-0.2, 0) is 10.8 Å². The van der Waals surface area contributed by atoms with Gasteiger partial charge in [0.1, 0.15) is 5.82 Å². The second kappa shape index (κ2) is 10.5. The first-order valence-corrected chi connectivity index (χ1v) is 35.3. The molecule has 1 aliphatic heterocycles. The number of aromatic nitrogens is 2. The van der Waals surface area contributed by atoms with E-state index in [1.807, 2.05) is 13.0 Å². The van der Waals surface area contributed by atoms with E-state index in [9.17, 15) is 9.59 Å². The Bertz CT molecular complexity index is 9030. The predicted octanol–water partition coefficient (Wildman–Crippen LogP) is 21.3. The number of nitrogens with one attached hydrogen (secondary N) is 1. The zero-order chi connectivity index (χ0) is 59.2. The van der Waals surface area contributed by atoms with Crippen LogP contribution < -0.4 is 11.0 Å². The molecule has 9 heteroatoms. The number of hydrogen-bond acceptors (Lipinski definition) is 5. The van der Waals surface area contributed by atoms with Gasteiger partial charge in [0.15, 0.2) is 0 Å². The van der Waals surface area contributed by atoms with Gasteiger partial charge in [0.2, 0.25) is 0 Å². The number of hydrazone groups is 1. The van der Waals surface area contributed by atoms with E-state index in [0.717, 1.165) is 21.1 Å². The van der Waals surface area contributed by atoms with Crippen LogP contribution in [-0.4, -0.2) is 40.2 Å². The number of hydrogen-bond donors (Lipinski definition) is 1. The molecule has 0 saturated carbocycles. The zero-order valence-corrected chi connectivity index (χ0v) is 52.2. The van der Waals surface area contributed by atoms with Gasteiger partial charge < -0.3 is 0 Å². The maximum Gasteiger partial charge on any atom is 0.271 e. The van der Waals surface area contributed by atoms with Crippen molar-refractivity contribution in [1.82, 2.24) is 19.9 Å². The fraction of sp³-hybridized carbons (Fsp3) is 0.0698. The highest BCUT2D eigenvalue weighted by Gasteiger charge is 2.76. The first-order chi connectivity index (χ1) is 46.8. The van der Waals surface area contributed by atoms with Crippen LogP contribution in [0, 0.1) is 6.92 Å². The highest BCUT2D eigenvalue weighted by molar-refractivity contribution is 9.11. The lowest BCUT2D eigenvalue weighted by Crippen LogP contribution is -2.51. The summed E-state index contributed by atoms with van der Waals surface area (Å²) < 4.78 is 3.12. The van der Waals surface area contributed by atoms with Gasteiger partial charge in [-0.2, -0.15) is 5.10 Å². The van der Waals surface area contributed by atoms with Crippen molar-refractivity contribution in [2.24, 2.45) is 5.10 Å². The minimum absolute atomic E-state index is 0.000641. The minimum Gasteiger partial charge on any atom is -0.297 e. The first-order valence-electron chi connectivity index (χ1n) is 33.7. The second-order valence-electron chi connectivity index (χ2n) is 31.8. The van der Waals surface area contributed by atoms with E-state index in [2.05, 4.69) is 78.6 Å². The summed E-state index contributed by atoms with van der Waals surface area (Å²) in [5.41, 5.74) is 12.5. The normalized spacial score (nSPS) is 20.8. The van der Waals surface area contributed by atoms with Crippen LogP contribution in [0.5, 0.6) is 0 Å². The number of nitrogens with zero attached hydrogens (tertiary/aromatic N) is 4. The van der Waals surface area contributed by atoms with E-state index in [-0.39, 0.29) is 22.9 Å². The van der Waals surface area contributed by atoms with E-state index < -0.39 is 5.41 Å².